The molecule has 0 N–H and O–H groups in total. The van der Waals surface area contributed by atoms with E-state index in [1.165, 1.54) is 98.1 Å². The van der Waals surface area contributed by atoms with E-state index >= 15 is 0 Å². The van der Waals surface area contributed by atoms with Crippen molar-refractivity contribution in [3.05, 3.63) is 218 Å². The minimum absolute atomic E-state index is 1.11. The first kappa shape index (κ1) is 40.0. The lowest BCUT2D eigenvalue weighted by atomic mass is 9.97. The third-order valence-electron chi connectivity index (χ3n) is 14.7. The molecule has 2 aliphatic heterocycles. The van der Waals surface area contributed by atoms with Gasteiger partial charge in [-0.25, -0.2) is 0 Å². The van der Waals surface area contributed by atoms with Crippen LogP contribution in [0.2, 0.25) is 26.2 Å². The summed E-state index contributed by atoms with van der Waals surface area (Å²) in [4.78, 5) is 4.89. The molecule has 0 radical (unpaired) electrons. The van der Waals surface area contributed by atoms with Crippen molar-refractivity contribution in [3.63, 3.8) is 0 Å². The van der Waals surface area contributed by atoms with Gasteiger partial charge in [-0.05, 0) is 148 Å². The summed E-state index contributed by atoms with van der Waals surface area (Å²) < 4.78 is 0. The second-order valence-electron chi connectivity index (χ2n) is 19.1. The Balaban J connectivity index is 0.960. The molecule has 0 spiro atoms. The molecular formula is C62H50N2Si2. The predicted molar refractivity (Wildman–Crippen MR) is 293 cm³/mol. The van der Waals surface area contributed by atoms with E-state index < -0.39 is 16.1 Å². The first-order valence-electron chi connectivity index (χ1n) is 23.1. The average molecular weight is 879 g/mol. The van der Waals surface area contributed by atoms with Gasteiger partial charge in [-0.15, -0.1) is 0 Å². The minimum Gasteiger partial charge on any atom is -0.310 e. The molecule has 2 aliphatic rings. The molecule has 0 aliphatic carbocycles. The summed E-state index contributed by atoms with van der Waals surface area (Å²) in [6.07, 6.45) is 3.83. The Morgan fingerprint density at radius 1 is 0.333 bits per heavy atom. The highest BCUT2D eigenvalue weighted by atomic mass is 28.3. The SMILES string of the molecule is C=Cc1ccc(N(c2ccc3c(c2)[Si](C)(C)c2cc4cc5c(cc4cc2-3)[Si](C)(C)c2cc(N(c3ccc(C=C)cc3)c3cccc4ccccc34)ccc2-5)c2cccc3ccccc23)cc1. The third-order valence-corrected chi connectivity index (χ3v) is 21.7. The molecule has 0 atom stereocenters. The zero-order chi connectivity index (χ0) is 44.9. The van der Waals surface area contributed by atoms with Crippen LogP contribution >= 0.6 is 0 Å². The Kier molecular flexibility index (Phi) is 9.12. The van der Waals surface area contributed by atoms with E-state index in [0.717, 1.165) is 22.5 Å². The number of anilines is 6. The highest BCUT2D eigenvalue weighted by molar-refractivity contribution is 7.04. The van der Waals surface area contributed by atoms with Gasteiger partial charge in [0, 0.05) is 33.5 Å². The van der Waals surface area contributed by atoms with Gasteiger partial charge in [0.1, 0.15) is 16.1 Å². The van der Waals surface area contributed by atoms with Crippen LogP contribution in [0.1, 0.15) is 11.1 Å². The maximum absolute atomic E-state index is 4.02. The van der Waals surface area contributed by atoms with Gasteiger partial charge in [0.25, 0.3) is 0 Å². The minimum atomic E-state index is -2.12. The van der Waals surface area contributed by atoms with Gasteiger partial charge in [0.2, 0.25) is 0 Å². The first-order chi connectivity index (χ1) is 32.1. The molecule has 0 bridgehead atoms. The van der Waals surface area contributed by atoms with Crippen molar-refractivity contribution >= 4 is 115 Å². The van der Waals surface area contributed by atoms with E-state index in [9.17, 15) is 0 Å². The van der Waals surface area contributed by atoms with Gasteiger partial charge >= 0.3 is 0 Å². The molecule has 2 heterocycles. The number of hydrogen-bond donors (Lipinski definition) is 0. The van der Waals surface area contributed by atoms with Crippen LogP contribution in [0, 0.1) is 0 Å². The van der Waals surface area contributed by atoms with E-state index in [1.807, 2.05) is 12.2 Å². The Morgan fingerprint density at radius 3 is 1.11 bits per heavy atom. The summed E-state index contributed by atoms with van der Waals surface area (Å²) in [5.74, 6) is 0. The van der Waals surface area contributed by atoms with E-state index in [4.69, 9.17) is 0 Å². The lowest BCUT2D eigenvalue weighted by molar-refractivity contribution is 1.30. The van der Waals surface area contributed by atoms with Crippen molar-refractivity contribution in [2.75, 3.05) is 9.80 Å². The number of benzene rings is 10. The maximum Gasteiger partial charge on any atom is 0.113 e. The lowest BCUT2D eigenvalue weighted by Crippen LogP contribution is -2.49. The topological polar surface area (TPSA) is 6.48 Å². The summed E-state index contributed by atoms with van der Waals surface area (Å²) in [7, 11) is -4.25. The molecular weight excluding hydrogens is 829 g/mol. The van der Waals surface area contributed by atoms with Crippen LogP contribution in [0.4, 0.5) is 34.1 Å². The van der Waals surface area contributed by atoms with Gasteiger partial charge in [0.15, 0.2) is 0 Å². The van der Waals surface area contributed by atoms with Crippen molar-refractivity contribution in [2.45, 2.75) is 26.2 Å². The Hall–Kier alpha value is -7.51. The molecule has 2 nitrogen and oxygen atoms in total. The van der Waals surface area contributed by atoms with E-state index in [2.05, 4.69) is 243 Å². The number of nitrogens with zero attached hydrogens (tertiary/aromatic N) is 2. The Morgan fingerprint density at radius 2 is 0.697 bits per heavy atom. The van der Waals surface area contributed by atoms with E-state index in [-0.39, 0.29) is 0 Å². The van der Waals surface area contributed by atoms with Crippen molar-refractivity contribution in [2.24, 2.45) is 0 Å². The zero-order valence-corrected chi connectivity index (χ0v) is 39.9. The van der Waals surface area contributed by atoms with Crippen LogP contribution in [0.3, 0.4) is 0 Å². The van der Waals surface area contributed by atoms with Crippen LogP contribution in [0.25, 0.3) is 66.7 Å². The Bertz CT molecular complexity index is 3390. The van der Waals surface area contributed by atoms with Crippen LogP contribution in [-0.4, -0.2) is 16.1 Å². The second kappa shape index (κ2) is 15.0. The zero-order valence-electron chi connectivity index (χ0n) is 37.9. The number of rotatable bonds is 8. The van der Waals surface area contributed by atoms with Crippen molar-refractivity contribution in [1.29, 1.82) is 0 Å². The highest BCUT2D eigenvalue weighted by Gasteiger charge is 2.41. The maximum atomic E-state index is 4.02. The van der Waals surface area contributed by atoms with Gasteiger partial charge in [0.05, 0.1) is 11.4 Å². The molecule has 0 amide bonds. The van der Waals surface area contributed by atoms with Crippen molar-refractivity contribution < 1.29 is 0 Å². The van der Waals surface area contributed by atoms with Crippen molar-refractivity contribution in [3.8, 4) is 22.3 Å². The second-order valence-corrected chi connectivity index (χ2v) is 27.8. The molecule has 0 fully saturated rings. The molecule has 12 rings (SSSR count). The molecule has 10 aromatic rings. The van der Waals surface area contributed by atoms with Crippen LogP contribution < -0.4 is 30.5 Å². The fourth-order valence-corrected chi connectivity index (χ4v) is 17.3. The normalized spacial score (nSPS) is 13.8. The summed E-state index contributed by atoms with van der Waals surface area (Å²) in [5, 5.41) is 13.6. The summed E-state index contributed by atoms with van der Waals surface area (Å²) >= 11 is 0. The van der Waals surface area contributed by atoms with Gasteiger partial charge < -0.3 is 9.80 Å². The lowest BCUT2D eigenvalue weighted by Gasteiger charge is -2.28. The standard InChI is InChI=1S/C62H50N2Si2/c1-7-41-23-27-47(28-24-41)63(57-21-13-17-43-15-9-11-19-51(43)57)49-31-33-53-55-35-45-38-60-56(36-46(45)37-59(55)65(3,4)61(53)39-49)54-34-32-50(40-62(54)66(60,5)6)64(48-29-25-42(8-2)26-30-48)58-22-14-18-44-16-10-12-20-52(44)58/h7-40H,1-2H2,3-6H3. The fourth-order valence-electron chi connectivity index (χ4n) is 11.1. The smallest absolute Gasteiger partial charge is 0.113 e. The molecule has 66 heavy (non-hydrogen) atoms. The molecule has 316 valence electrons. The van der Waals surface area contributed by atoms with Crippen LogP contribution in [0.15, 0.2) is 207 Å². The number of hydrogen-bond acceptors (Lipinski definition) is 2. The molecule has 0 unspecified atom stereocenters. The van der Waals surface area contributed by atoms with E-state index in [1.54, 1.807) is 0 Å². The molecule has 0 saturated heterocycles. The monoisotopic (exact) mass is 878 g/mol. The molecule has 10 aromatic carbocycles. The largest absolute Gasteiger partial charge is 0.310 e. The van der Waals surface area contributed by atoms with Gasteiger partial charge in [-0.2, -0.15) is 0 Å². The summed E-state index contributed by atoms with van der Waals surface area (Å²) in [6.45, 7) is 18.2. The van der Waals surface area contributed by atoms with Crippen LogP contribution in [0.5, 0.6) is 0 Å². The van der Waals surface area contributed by atoms with Gasteiger partial charge in [-0.1, -0.05) is 173 Å². The summed E-state index contributed by atoms with van der Waals surface area (Å²) in [6, 6.07) is 73.0. The molecule has 4 heteroatoms. The molecule has 0 saturated carbocycles. The Labute approximate surface area is 390 Å². The summed E-state index contributed by atoms with van der Waals surface area (Å²) in [5.41, 5.74) is 14.8. The number of fused-ring (bicyclic) bond motifs is 9. The third kappa shape index (κ3) is 6.13. The predicted octanol–water partition coefficient (Wildman–Crippen LogP) is 15.0. The fraction of sp³-hybridized carbons (Fsp3) is 0.0645. The average Bonchev–Trinajstić information content (AvgIpc) is 3.70. The van der Waals surface area contributed by atoms with Crippen molar-refractivity contribution in [1.82, 2.24) is 0 Å². The molecule has 0 aromatic heterocycles. The highest BCUT2D eigenvalue weighted by Crippen LogP contribution is 2.44. The van der Waals surface area contributed by atoms with E-state index in [0.29, 0.717) is 0 Å². The quantitative estimate of drug-likeness (QED) is 0.140. The van der Waals surface area contributed by atoms with Gasteiger partial charge in [-0.3, -0.25) is 0 Å². The van der Waals surface area contributed by atoms with Crippen LogP contribution in [-0.2, 0) is 0 Å². The first-order valence-corrected chi connectivity index (χ1v) is 29.1.